The number of hydrogen-bond acceptors (Lipinski definition) is 2. The molecule has 2 rings (SSSR count). The van der Waals surface area contributed by atoms with Gasteiger partial charge < -0.3 is 0 Å². The van der Waals surface area contributed by atoms with E-state index in [9.17, 15) is 0 Å². The predicted molar refractivity (Wildman–Crippen MR) is 70.8 cm³/mol. The molecule has 1 aromatic rings. The zero-order valence-corrected chi connectivity index (χ0v) is 10.3. The number of hydroxylamine groups is 2. The van der Waals surface area contributed by atoms with Crippen molar-refractivity contribution in [3.63, 3.8) is 0 Å². The second-order valence-electron chi connectivity index (χ2n) is 3.93. The minimum Gasteiger partial charge on any atom is -0.269 e. The first kappa shape index (κ1) is 11.7. The van der Waals surface area contributed by atoms with Crippen LogP contribution in [0.4, 0.5) is 0 Å². The van der Waals surface area contributed by atoms with Gasteiger partial charge in [0.25, 0.3) is 0 Å². The van der Waals surface area contributed by atoms with Gasteiger partial charge in [0, 0.05) is 5.56 Å². The van der Waals surface area contributed by atoms with E-state index in [0.29, 0.717) is 6.61 Å². The van der Waals surface area contributed by atoms with Crippen LogP contribution >= 0.6 is 0 Å². The van der Waals surface area contributed by atoms with Gasteiger partial charge in [-0.05, 0) is 25.5 Å². The molecule has 0 atom stereocenters. The van der Waals surface area contributed by atoms with Gasteiger partial charge in [-0.25, -0.2) is 5.06 Å². The summed E-state index contributed by atoms with van der Waals surface area (Å²) in [5.74, 6) is 0. The fourth-order valence-corrected chi connectivity index (χ4v) is 1.89. The van der Waals surface area contributed by atoms with Crippen molar-refractivity contribution in [1.29, 1.82) is 0 Å². The second-order valence-corrected chi connectivity index (χ2v) is 3.93. The zero-order valence-electron chi connectivity index (χ0n) is 10.3. The Morgan fingerprint density at radius 2 is 1.88 bits per heavy atom. The number of hydrogen-bond donors (Lipinski definition) is 0. The number of rotatable bonds is 3. The molecule has 0 saturated carbocycles. The van der Waals surface area contributed by atoms with Crippen molar-refractivity contribution in [2.45, 2.75) is 13.8 Å². The van der Waals surface area contributed by atoms with Crippen molar-refractivity contribution in [2.75, 3.05) is 6.61 Å². The van der Waals surface area contributed by atoms with Crippen LogP contribution in [0.1, 0.15) is 19.4 Å². The minimum absolute atomic E-state index is 0.622. The summed E-state index contributed by atoms with van der Waals surface area (Å²) in [7, 11) is 0. The lowest BCUT2D eigenvalue weighted by molar-refractivity contribution is -0.0727. The van der Waals surface area contributed by atoms with Crippen LogP contribution in [0.2, 0.25) is 0 Å². The Hall–Kier alpha value is -1.80. The average Bonchev–Trinajstić information content (AvgIpc) is 2.35. The summed E-state index contributed by atoms with van der Waals surface area (Å²) >= 11 is 0. The first-order chi connectivity index (χ1) is 8.24. The number of benzene rings is 1. The van der Waals surface area contributed by atoms with E-state index < -0.39 is 0 Å². The quantitative estimate of drug-likeness (QED) is 0.779. The molecule has 1 aliphatic rings. The standard InChI is InChI=1S/C15H17NO/c1-4-17-16-13(3)11-10-12(2)15(16)14-8-6-5-7-9-14/h5-11H,3-4H2,1-2H3. The molecule has 0 amide bonds. The molecular weight excluding hydrogens is 210 g/mol. The summed E-state index contributed by atoms with van der Waals surface area (Å²) < 4.78 is 0. The molecule has 88 valence electrons. The lowest BCUT2D eigenvalue weighted by Crippen LogP contribution is -2.23. The molecule has 2 heteroatoms. The molecule has 0 fully saturated rings. The monoisotopic (exact) mass is 227 g/mol. The molecule has 1 aliphatic heterocycles. The van der Waals surface area contributed by atoms with Crippen LogP contribution < -0.4 is 0 Å². The Labute approximate surface area is 102 Å². The van der Waals surface area contributed by atoms with Crippen molar-refractivity contribution in [3.05, 3.63) is 65.9 Å². The molecule has 17 heavy (non-hydrogen) atoms. The molecule has 0 N–H and O–H groups in total. The van der Waals surface area contributed by atoms with Crippen LogP contribution in [-0.4, -0.2) is 11.7 Å². The van der Waals surface area contributed by atoms with Crippen molar-refractivity contribution in [2.24, 2.45) is 0 Å². The highest BCUT2D eigenvalue weighted by Crippen LogP contribution is 2.31. The van der Waals surface area contributed by atoms with Gasteiger partial charge in [-0.15, -0.1) is 0 Å². The van der Waals surface area contributed by atoms with Crippen molar-refractivity contribution in [1.82, 2.24) is 5.06 Å². The topological polar surface area (TPSA) is 12.5 Å². The summed E-state index contributed by atoms with van der Waals surface area (Å²) in [5.41, 5.74) is 4.25. The first-order valence-electron chi connectivity index (χ1n) is 5.80. The summed E-state index contributed by atoms with van der Waals surface area (Å²) in [5, 5.41) is 1.81. The maximum absolute atomic E-state index is 5.66. The fraction of sp³-hybridized carbons (Fsp3) is 0.200. The van der Waals surface area contributed by atoms with Gasteiger partial charge in [0.05, 0.1) is 18.0 Å². The van der Waals surface area contributed by atoms with E-state index in [1.54, 1.807) is 0 Å². The Balaban J connectivity index is 2.46. The van der Waals surface area contributed by atoms with E-state index in [-0.39, 0.29) is 0 Å². The summed E-state index contributed by atoms with van der Waals surface area (Å²) in [6.45, 7) is 8.68. The van der Waals surface area contributed by atoms with Crippen LogP contribution in [0, 0.1) is 0 Å². The van der Waals surface area contributed by atoms with E-state index in [0.717, 1.165) is 17.0 Å². The molecule has 1 heterocycles. The van der Waals surface area contributed by atoms with Gasteiger partial charge in [-0.2, -0.15) is 0 Å². The maximum atomic E-state index is 5.66. The maximum Gasteiger partial charge on any atom is 0.0796 e. The van der Waals surface area contributed by atoms with Gasteiger partial charge >= 0.3 is 0 Å². The van der Waals surface area contributed by atoms with Crippen molar-refractivity contribution >= 4 is 5.70 Å². The van der Waals surface area contributed by atoms with E-state index in [2.05, 4.69) is 31.7 Å². The molecule has 0 aromatic heterocycles. The molecule has 0 unspecified atom stereocenters. The second kappa shape index (κ2) is 5.02. The van der Waals surface area contributed by atoms with Crippen LogP contribution in [0.3, 0.4) is 0 Å². The van der Waals surface area contributed by atoms with Gasteiger partial charge in [-0.1, -0.05) is 43.0 Å². The third-order valence-corrected chi connectivity index (χ3v) is 2.67. The van der Waals surface area contributed by atoms with Gasteiger partial charge in [0.15, 0.2) is 0 Å². The normalized spacial score (nSPS) is 15.6. The van der Waals surface area contributed by atoms with Gasteiger partial charge in [0.2, 0.25) is 0 Å². The number of allylic oxidation sites excluding steroid dienone is 3. The highest BCUT2D eigenvalue weighted by Gasteiger charge is 2.19. The highest BCUT2D eigenvalue weighted by molar-refractivity contribution is 5.71. The number of nitrogens with zero attached hydrogens (tertiary/aromatic N) is 1. The predicted octanol–water partition coefficient (Wildman–Crippen LogP) is 3.75. The van der Waals surface area contributed by atoms with Gasteiger partial charge in [0.1, 0.15) is 0 Å². The molecule has 0 bridgehead atoms. The van der Waals surface area contributed by atoms with Crippen molar-refractivity contribution < 1.29 is 4.84 Å². The Morgan fingerprint density at radius 3 is 2.53 bits per heavy atom. The minimum atomic E-state index is 0.622. The average molecular weight is 227 g/mol. The van der Waals surface area contributed by atoms with Crippen LogP contribution in [-0.2, 0) is 4.84 Å². The largest absolute Gasteiger partial charge is 0.269 e. The molecule has 0 saturated heterocycles. The van der Waals surface area contributed by atoms with E-state index in [1.165, 1.54) is 5.57 Å². The Morgan fingerprint density at radius 1 is 1.18 bits per heavy atom. The first-order valence-corrected chi connectivity index (χ1v) is 5.80. The van der Waals surface area contributed by atoms with Crippen LogP contribution in [0.15, 0.2) is 60.3 Å². The molecule has 0 spiro atoms. The molecule has 1 aromatic carbocycles. The molecule has 0 aliphatic carbocycles. The SMILES string of the molecule is C=C1C=CC(C)=C(c2ccccc2)N1OCC. The summed E-state index contributed by atoms with van der Waals surface area (Å²) in [4.78, 5) is 5.66. The van der Waals surface area contributed by atoms with Crippen molar-refractivity contribution in [3.8, 4) is 0 Å². The fourth-order valence-electron chi connectivity index (χ4n) is 1.89. The summed E-state index contributed by atoms with van der Waals surface area (Å²) in [6, 6.07) is 10.2. The zero-order chi connectivity index (χ0) is 12.3. The van der Waals surface area contributed by atoms with E-state index in [4.69, 9.17) is 4.84 Å². The van der Waals surface area contributed by atoms with Gasteiger partial charge in [-0.3, -0.25) is 4.84 Å². The van der Waals surface area contributed by atoms with E-state index >= 15 is 0 Å². The van der Waals surface area contributed by atoms with Crippen LogP contribution in [0.5, 0.6) is 0 Å². The molecule has 0 radical (unpaired) electrons. The summed E-state index contributed by atoms with van der Waals surface area (Å²) in [6.07, 6.45) is 4.04. The third-order valence-electron chi connectivity index (χ3n) is 2.67. The molecular formula is C15H17NO. The highest BCUT2D eigenvalue weighted by atomic mass is 16.7. The smallest absolute Gasteiger partial charge is 0.0796 e. The Kier molecular flexibility index (Phi) is 3.45. The van der Waals surface area contributed by atoms with Crippen LogP contribution in [0.25, 0.3) is 5.70 Å². The lowest BCUT2D eigenvalue weighted by atomic mass is 10.0. The van der Waals surface area contributed by atoms with E-state index in [1.807, 2.05) is 36.3 Å². The molecule has 2 nitrogen and oxygen atoms in total. The Bertz CT molecular complexity index is 471. The third kappa shape index (κ3) is 2.32. The lowest BCUT2D eigenvalue weighted by Gasteiger charge is -2.30.